The Labute approximate surface area is 353 Å². The number of furan rings is 2. The maximum atomic E-state index is 6.92. The molecular formula is C58H37NO2. The van der Waals surface area contributed by atoms with E-state index in [0.29, 0.717) is 0 Å². The van der Waals surface area contributed by atoms with E-state index >= 15 is 0 Å². The molecular weight excluding hydrogens is 743 g/mol. The molecule has 0 amide bonds. The van der Waals surface area contributed by atoms with Gasteiger partial charge in [-0.3, -0.25) is 0 Å². The summed E-state index contributed by atoms with van der Waals surface area (Å²) in [6.07, 6.45) is 0. The third-order valence-electron chi connectivity index (χ3n) is 12.1. The minimum Gasteiger partial charge on any atom is -0.455 e. The van der Waals surface area contributed by atoms with Gasteiger partial charge in [0.25, 0.3) is 0 Å². The van der Waals surface area contributed by atoms with Crippen LogP contribution in [0.4, 0.5) is 17.1 Å². The van der Waals surface area contributed by atoms with Gasteiger partial charge in [-0.1, -0.05) is 176 Å². The average molecular weight is 780 g/mol. The minimum absolute atomic E-state index is 0.860. The van der Waals surface area contributed by atoms with Crippen molar-refractivity contribution in [3.8, 4) is 44.5 Å². The van der Waals surface area contributed by atoms with Gasteiger partial charge in [-0.05, 0) is 87.5 Å². The Morgan fingerprint density at radius 1 is 0.262 bits per heavy atom. The van der Waals surface area contributed by atoms with Gasteiger partial charge < -0.3 is 13.7 Å². The van der Waals surface area contributed by atoms with Crippen LogP contribution in [-0.4, -0.2) is 0 Å². The maximum absolute atomic E-state index is 6.92. The molecule has 0 N–H and O–H groups in total. The predicted octanol–water partition coefficient (Wildman–Crippen LogP) is 16.8. The highest BCUT2D eigenvalue weighted by atomic mass is 16.3. The fraction of sp³-hybridized carbons (Fsp3) is 0. The van der Waals surface area contributed by atoms with E-state index in [1.165, 1.54) is 16.7 Å². The Balaban J connectivity index is 1.07. The molecule has 0 unspecified atom stereocenters. The molecule has 12 aromatic rings. The summed E-state index contributed by atoms with van der Waals surface area (Å²) >= 11 is 0. The molecule has 61 heavy (non-hydrogen) atoms. The molecule has 0 bridgehead atoms. The highest BCUT2D eigenvalue weighted by Gasteiger charge is 2.22. The number of benzene rings is 10. The van der Waals surface area contributed by atoms with Gasteiger partial charge in [-0.15, -0.1) is 0 Å². The van der Waals surface area contributed by atoms with Crippen molar-refractivity contribution >= 4 is 71.7 Å². The molecule has 0 aliphatic heterocycles. The van der Waals surface area contributed by atoms with E-state index in [0.717, 1.165) is 99.5 Å². The molecule has 0 aliphatic rings. The minimum atomic E-state index is 0.860. The molecule has 0 radical (unpaired) electrons. The Morgan fingerprint density at radius 2 is 0.738 bits per heavy atom. The van der Waals surface area contributed by atoms with Crippen LogP contribution in [0.15, 0.2) is 233 Å². The van der Waals surface area contributed by atoms with Crippen molar-refractivity contribution in [2.24, 2.45) is 0 Å². The Morgan fingerprint density at radius 3 is 1.41 bits per heavy atom. The van der Waals surface area contributed by atoms with Crippen molar-refractivity contribution in [1.29, 1.82) is 0 Å². The van der Waals surface area contributed by atoms with Crippen LogP contribution in [0.3, 0.4) is 0 Å². The number of rotatable bonds is 7. The molecule has 2 heterocycles. The molecule has 3 heteroatoms. The van der Waals surface area contributed by atoms with Gasteiger partial charge in [0.15, 0.2) is 0 Å². The summed E-state index contributed by atoms with van der Waals surface area (Å²) in [5.74, 6) is 0. The summed E-state index contributed by atoms with van der Waals surface area (Å²) in [5, 5.41) is 6.56. The van der Waals surface area contributed by atoms with Gasteiger partial charge in [-0.2, -0.15) is 0 Å². The first-order valence-corrected chi connectivity index (χ1v) is 20.7. The molecule has 12 rings (SSSR count). The van der Waals surface area contributed by atoms with Gasteiger partial charge in [0.2, 0.25) is 0 Å². The lowest BCUT2D eigenvalue weighted by Crippen LogP contribution is -2.10. The maximum Gasteiger partial charge on any atom is 0.143 e. The van der Waals surface area contributed by atoms with Gasteiger partial charge in [0, 0.05) is 49.3 Å². The first-order valence-electron chi connectivity index (χ1n) is 20.7. The van der Waals surface area contributed by atoms with E-state index < -0.39 is 0 Å². The lowest BCUT2D eigenvalue weighted by Gasteiger charge is -2.27. The lowest BCUT2D eigenvalue weighted by molar-refractivity contribution is 0.670. The van der Waals surface area contributed by atoms with Crippen LogP contribution in [0.5, 0.6) is 0 Å². The summed E-state index contributed by atoms with van der Waals surface area (Å²) in [5.41, 5.74) is 15.8. The number of hydrogen-bond acceptors (Lipinski definition) is 3. The molecule has 0 spiro atoms. The molecule has 3 nitrogen and oxygen atoms in total. The summed E-state index contributed by atoms with van der Waals surface area (Å²) < 4.78 is 13.4. The zero-order chi connectivity index (χ0) is 40.3. The fourth-order valence-electron chi connectivity index (χ4n) is 9.15. The molecule has 286 valence electrons. The molecule has 0 aliphatic carbocycles. The number of anilines is 3. The van der Waals surface area contributed by atoms with E-state index in [1.807, 2.05) is 12.1 Å². The third kappa shape index (κ3) is 5.90. The molecule has 0 saturated heterocycles. The van der Waals surface area contributed by atoms with Crippen LogP contribution in [-0.2, 0) is 0 Å². The van der Waals surface area contributed by atoms with E-state index in [1.54, 1.807) is 0 Å². The van der Waals surface area contributed by atoms with Crippen LogP contribution in [0.2, 0.25) is 0 Å². The average Bonchev–Trinajstić information content (AvgIpc) is 3.91. The fourth-order valence-corrected chi connectivity index (χ4v) is 9.15. The van der Waals surface area contributed by atoms with Crippen LogP contribution in [0.1, 0.15) is 0 Å². The van der Waals surface area contributed by atoms with Crippen molar-refractivity contribution < 1.29 is 8.83 Å². The number of fused-ring (bicyclic) bond motifs is 8. The van der Waals surface area contributed by atoms with Crippen molar-refractivity contribution in [3.63, 3.8) is 0 Å². The highest BCUT2D eigenvalue weighted by Crippen LogP contribution is 2.47. The van der Waals surface area contributed by atoms with Crippen LogP contribution in [0, 0.1) is 0 Å². The Bertz CT molecular complexity index is 3550. The van der Waals surface area contributed by atoms with Crippen molar-refractivity contribution in [3.05, 3.63) is 224 Å². The lowest BCUT2D eigenvalue weighted by atomic mass is 9.92. The molecule has 0 atom stereocenters. The van der Waals surface area contributed by atoms with Gasteiger partial charge in [0.1, 0.15) is 22.3 Å². The van der Waals surface area contributed by atoms with Crippen LogP contribution >= 0.6 is 0 Å². The topological polar surface area (TPSA) is 29.5 Å². The van der Waals surface area contributed by atoms with Crippen molar-refractivity contribution in [1.82, 2.24) is 0 Å². The smallest absolute Gasteiger partial charge is 0.143 e. The summed E-state index contributed by atoms with van der Waals surface area (Å²) in [4.78, 5) is 2.39. The first-order chi connectivity index (χ1) is 30.2. The monoisotopic (exact) mass is 779 g/mol. The van der Waals surface area contributed by atoms with Crippen molar-refractivity contribution in [2.75, 3.05) is 4.90 Å². The summed E-state index contributed by atoms with van der Waals surface area (Å²) in [6, 6.07) is 79.8. The SMILES string of the molecule is c1ccc(-c2ccc(N(c3ccc(-c4cccc5c4oc4ccccc45)cc3)c3cc4c5cc(-c6ccccc6)c(-c6ccccc6)cc5oc4c4ccccc34)cc2)cc1. The summed E-state index contributed by atoms with van der Waals surface area (Å²) in [7, 11) is 0. The normalized spacial score (nSPS) is 11.6. The number of para-hydroxylation sites is 2. The first kappa shape index (κ1) is 34.9. The molecule has 0 saturated carbocycles. The van der Waals surface area contributed by atoms with Gasteiger partial charge >= 0.3 is 0 Å². The second-order valence-corrected chi connectivity index (χ2v) is 15.6. The van der Waals surface area contributed by atoms with Crippen LogP contribution in [0.25, 0.3) is 99.2 Å². The zero-order valence-corrected chi connectivity index (χ0v) is 33.1. The van der Waals surface area contributed by atoms with E-state index in [2.05, 4.69) is 217 Å². The highest BCUT2D eigenvalue weighted by molar-refractivity contribution is 6.21. The number of hydrogen-bond donors (Lipinski definition) is 0. The van der Waals surface area contributed by atoms with Gasteiger partial charge in [-0.25, -0.2) is 0 Å². The molecule has 10 aromatic carbocycles. The standard InChI is InChI=1S/C58H37NO2/c1-4-15-38(16-5-1)39-27-31-43(32-28-39)59(44-33-29-42(30-34-44)45-24-14-25-49-47-22-12-13-26-55(47)60-57(45)49)54-36-53-52-35-50(40-17-6-2-7-18-40)51(41-19-8-3-9-20-41)37-56(52)61-58(53)48-23-11-10-21-46(48)54/h1-37H. The predicted molar refractivity (Wildman–Crippen MR) is 255 cm³/mol. The second kappa shape index (κ2) is 14.3. The van der Waals surface area contributed by atoms with E-state index in [-0.39, 0.29) is 0 Å². The third-order valence-corrected chi connectivity index (χ3v) is 12.1. The second-order valence-electron chi connectivity index (χ2n) is 15.6. The van der Waals surface area contributed by atoms with Crippen molar-refractivity contribution in [2.45, 2.75) is 0 Å². The number of nitrogens with zero attached hydrogens (tertiary/aromatic N) is 1. The van der Waals surface area contributed by atoms with Crippen LogP contribution < -0.4 is 4.90 Å². The Hall–Kier alpha value is -8.14. The summed E-state index contributed by atoms with van der Waals surface area (Å²) in [6.45, 7) is 0. The quantitative estimate of drug-likeness (QED) is 0.161. The van der Waals surface area contributed by atoms with E-state index in [9.17, 15) is 0 Å². The van der Waals surface area contributed by atoms with E-state index in [4.69, 9.17) is 8.83 Å². The Kier molecular flexibility index (Phi) is 8.17. The molecule has 0 fully saturated rings. The largest absolute Gasteiger partial charge is 0.455 e. The van der Waals surface area contributed by atoms with Gasteiger partial charge in [0.05, 0.1) is 5.69 Å². The molecule has 2 aromatic heterocycles. The zero-order valence-electron chi connectivity index (χ0n) is 33.1.